The van der Waals surface area contributed by atoms with Crippen molar-refractivity contribution in [2.24, 2.45) is 0 Å². The summed E-state index contributed by atoms with van der Waals surface area (Å²) in [6.07, 6.45) is 6.08. The van der Waals surface area contributed by atoms with E-state index in [-0.39, 0.29) is 5.91 Å². The van der Waals surface area contributed by atoms with Crippen LogP contribution in [0.15, 0.2) is 75.6 Å². The van der Waals surface area contributed by atoms with E-state index in [0.29, 0.717) is 22.3 Å². The average Bonchev–Trinajstić information content (AvgIpc) is 3.46. The van der Waals surface area contributed by atoms with E-state index in [0.717, 1.165) is 34.8 Å². The zero-order valence-electron chi connectivity index (χ0n) is 17.2. The number of nitrogens with one attached hydrogen (secondary N) is 1. The van der Waals surface area contributed by atoms with Gasteiger partial charge < -0.3 is 4.42 Å². The van der Waals surface area contributed by atoms with Crippen LogP contribution in [0.3, 0.4) is 0 Å². The van der Waals surface area contributed by atoms with Crippen molar-refractivity contribution in [3.63, 3.8) is 0 Å². The summed E-state index contributed by atoms with van der Waals surface area (Å²) in [7, 11) is 0. The van der Waals surface area contributed by atoms with Gasteiger partial charge in [-0.15, -0.1) is 11.8 Å². The van der Waals surface area contributed by atoms with Gasteiger partial charge in [0, 0.05) is 12.0 Å². The minimum atomic E-state index is -0.130. The largest absolute Gasteiger partial charge is 0.445 e. The number of amides is 1. The van der Waals surface area contributed by atoms with Crippen molar-refractivity contribution in [1.29, 1.82) is 0 Å². The van der Waals surface area contributed by atoms with Gasteiger partial charge in [0.2, 0.25) is 5.89 Å². The number of hydrogen-bond acceptors (Lipinski definition) is 6. The number of aryl methyl sites for hydroxylation is 3. The van der Waals surface area contributed by atoms with E-state index >= 15 is 0 Å². The summed E-state index contributed by atoms with van der Waals surface area (Å²) in [6.45, 7) is 2.04. The summed E-state index contributed by atoms with van der Waals surface area (Å²) in [5, 5.41) is 3.53. The average molecular weight is 450 g/mol. The van der Waals surface area contributed by atoms with Crippen LogP contribution in [0, 0.1) is 0 Å². The Morgan fingerprint density at radius 2 is 1.84 bits per heavy atom. The first-order valence-electron chi connectivity index (χ1n) is 10.2. The Balaban J connectivity index is 1.36. The highest BCUT2D eigenvalue weighted by molar-refractivity contribution is 8.00. The highest BCUT2D eigenvalue weighted by Gasteiger charge is 2.14. The van der Waals surface area contributed by atoms with Crippen LogP contribution < -0.4 is 5.32 Å². The lowest BCUT2D eigenvalue weighted by Gasteiger charge is -2.09. The van der Waals surface area contributed by atoms with Gasteiger partial charge in [-0.3, -0.25) is 10.1 Å². The second kappa shape index (κ2) is 10.4. The number of carbonyl (C=O) groups excluding carboxylic acids is 1. The van der Waals surface area contributed by atoms with Gasteiger partial charge in [-0.25, -0.2) is 9.97 Å². The number of thiazole rings is 1. The number of oxazole rings is 1. The first-order chi connectivity index (χ1) is 15.2. The molecule has 0 atom stereocenters. The first kappa shape index (κ1) is 21.3. The smallest absolute Gasteiger partial charge is 0.257 e. The quantitative estimate of drug-likeness (QED) is 0.316. The molecule has 2 aromatic heterocycles. The number of thioether (sulfide) groups is 1. The van der Waals surface area contributed by atoms with Crippen molar-refractivity contribution in [3.05, 3.63) is 95.3 Å². The molecule has 0 aliphatic heterocycles. The summed E-state index contributed by atoms with van der Waals surface area (Å²) in [5.41, 5.74) is 2.98. The highest BCUT2D eigenvalue weighted by Crippen LogP contribution is 2.31. The second-order valence-electron chi connectivity index (χ2n) is 6.94. The lowest BCUT2D eigenvalue weighted by Crippen LogP contribution is -2.14. The molecule has 0 fully saturated rings. The lowest BCUT2D eigenvalue weighted by molar-refractivity contribution is 0.102. The molecular weight excluding hydrogens is 426 g/mol. The van der Waals surface area contributed by atoms with E-state index in [1.54, 1.807) is 24.2 Å². The summed E-state index contributed by atoms with van der Waals surface area (Å²) in [6, 6.07) is 18.1. The van der Waals surface area contributed by atoms with Gasteiger partial charge in [-0.2, -0.15) is 0 Å². The maximum atomic E-state index is 12.9. The highest BCUT2D eigenvalue weighted by atomic mass is 32.2. The fraction of sp³-hybridized carbons (Fsp3) is 0.208. The van der Waals surface area contributed by atoms with Crippen molar-refractivity contribution in [1.82, 2.24) is 9.97 Å². The molecule has 2 aromatic carbocycles. The molecule has 0 bridgehead atoms. The van der Waals surface area contributed by atoms with E-state index < -0.39 is 0 Å². The molecule has 4 rings (SSSR count). The molecule has 5 nitrogen and oxygen atoms in total. The van der Waals surface area contributed by atoms with Crippen LogP contribution in [-0.4, -0.2) is 15.9 Å². The zero-order valence-corrected chi connectivity index (χ0v) is 18.8. The van der Waals surface area contributed by atoms with E-state index in [1.165, 1.54) is 16.9 Å². The number of carbonyl (C=O) groups is 1. The van der Waals surface area contributed by atoms with Crippen molar-refractivity contribution < 1.29 is 9.21 Å². The van der Waals surface area contributed by atoms with Crippen molar-refractivity contribution in [2.45, 2.75) is 36.1 Å². The Morgan fingerprint density at radius 3 is 2.65 bits per heavy atom. The molecule has 1 amide bonds. The van der Waals surface area contributed by atoms with Crippen LogP contribution in [-0.2, 0) is 25.0 Å². The molecule has 1 N–H and O–H groups in total. The Hall–Kier alpha value is -2.90. The summed E-state index contributed by atoms with van der Waals surface area (Å²) in [5.74, 6) is 2.10. The molecule has 7 heteroatoms. The van der Waals surface area contributed by atoms with Crippen molar-refractivity contribution in [2.75, 3.05) is 5.32 Å². The molecule has 0 aliphatic carbocycles. The molecule has 0 aliphatic rings. The Kier molecular flexibility index (Phi) is 7.17. The number of benzene rings is 2. The lowest BCUT2D eigenvalue weighted by atomic mass is 9.99. The minimum Gasteiger partial charge on any atom is -0.445 e. The van der Waals surface area contributed by atoms with Crippen LogP contribution >= 0.6 is 23.1 Å². The molecule has 31 heavy (non-hydrogen) atoms. The fourth-order valence-corrected chi connectivity index (χ4v) is 4.86. The van der Waals surface area contributed by atoms with Crippen LogP contribution in [0.4, 0.5) is 5.13 Å². The molecule has 0 spiro atoms. The number of nitrogens with zero attached hydrogens (tertiary/aromatic N) is 2. The third-order valence-electron chi connectivity index (χ3n) is 4.78. The van der Waals surface area contributed by atoms with E-state index in [9.17, 15) is 4.79 Å². The molecule has 158 valence electrons. The molecule has 2 heterocycles. The standard InChI is InChI=1S/C24H23N3O2S2/c1-2-19-14-25-21(29-19)16-30-22-15-26-24(31-22)27-23(28)20-11-7-6-10-18(20)13-12-17-8-4-3-5-9-17/h3-11,14-15H,2,12-13,16H2,1H3,(H,26,27,28). The summed E-state index contributed by atoms with van der Waals surface area (Å²) in [4.78, 5) is 21.5. The molecule has 4 aromatic rings. The molecular formula is C24H23N3O2S2. The number of rotatable bonds is 9. The van der Waals surface area contributed by atoms with Crippen molar-refractivity contribution >= 4 is 34.1 Å². The Labute approximate surface area is 190 Å². The van der Waals surface area contributed by atoms with E-state index in [4.69, 9.17) is 4.42 Å². The second-order valence-corrected chi connectivity index (χ2v) is 9.25. The molecule has 0 saturated carbocycles. The monoisotopic (exact) mass is 449 g/mol. The third kappa shape index (κ3) is 5.83. The molecule has 0 radical (unpaired) electrons. The molecule has 0 unspecified atom stereocenters. The van der Waals surface area contributed by atoms with Crippen LogP contribution in [0.5, 0.6) is 0 Å². The van der Waals surface area contributed by atoms with Crippen LogP contribution in [0.25, 0.3) is 0 Å². The topological polar surface area (TPSA) is 68.0 Å². The number of hydrogen-bond donors (Lipinski definition) is 1. The minimum absolute atomic E-state index is 0.130. The Morgan fingerprint density at radius 1 is 1.03 bits per heavy atom. The number of anilines is 1. The third-order valence-corrected chi connectivity index (χ3v) is 6.87. The van der Waals surface area contributed by atoms with Gasteiger partial charge >= 0.3 is 0 Å². The van der Waals surface area contributed by atoms with Crippen molar-refractivity contribution in [3.8, 4) is 0 Å². The maximum absolute atomic E-state index is 12.9. The van der Waals surface area contributed by atoms with Gasteiger partial charge in [0.15, 0.2) is 5.13 Å². The van der Waals surface area contributed by atoms with Gasteiger partial charge in [-0.1, -0.05) is 66.8 Å². The van der Waals surface area contributed by atoms with Crippen LogP contribution in [0.1, 0.15) is 40.1 Å². The van der Waals surface area contributed by atoms with Gasteiger partial charge in [-0.05, 0) is 30.0 Å². The maximum Gasteiger partial charge on any atom is 0.257 e. The van der Waals surface area contributed by atoms with Gasteiger partial charge in [0.05, 0.1) is 22.4 Å². The van der Waals surface area contributed by atoms with E-state index in [2.05, 4.69) is 27.4 Å². The number of aromatic nitrogens is 2. The van der Waals surface area contributed by atoms with Gasteiger partial charge in [0.25, 0.3) is 5.91 Å². The Bertz CT molecular complexity index is 1140. The zero-order chi connectivity index (χ0) is 21.5. The SMILES string of the molecule is CCc1cnc(CSc2cnc(NC(=O)c3ccccc3CCc3ccccc3)s2)o1. The first-order valence-corrected chi connectivity index (χ1v) is 12.0. The summed E-state index contributed by atoms with van der Waals surface area (Å²) < 4.78 is 6.64. The normalized spacial score (nSPS) is 10.9. The van der Waals surface area contributed by atoms with Crippen LogP contribution in [0.2, 0.25) is 0 Å². The van der Waals surface area contributed by atoms with E-state index in [1.807, 2.05) is 49.4 Å². The fourth-order valence-electron chi connectivity index (χ4n) is 3.14. The molecule has 0 saturated heterocycles. The predicted molar refractivity (Wildman–Crippen MR) is 126 cm³/mol. The van der Waals surface area contributed by atoms with Gasteiger partial charge in [0.1, 0.15) is 5.76 Å². The predicted octanol–water partition coefficient (Wildman–Crippen LogP) is 6.02. The summed E-state index contributed by atoms with van der Waals surface area (Å²) >= 11 is 3.05.